The third-order valence-electron chi connectivity index (χ3n) is 12.0. The molecule has 3 nitrogen and oxygen atoms in total. The van der Waals surface area contributed by atoms with Crippen LogP contribution in [0.3, 0.4) is 0 Å². The van der Waals surface area contributed by atoms with E-state index in [9.17, 15) is 0 Å². The number of pyridine rings is 1. The Morgan fingerprint density at radius 3 is 1.72 bits per heavy atom. The van der Waals surface area contributed by atoms with Crippen molar-refractivity contribution in [3.63, 3.8) is 0 Å². The number of benzene rings is 4. The molecule has 0 aliphatic heterocycles. The Morgan fingerprint density at radius 1 is 0.543 bits per heavy atom. The van der Waals surface area contributed by atoms with Gasteiger partial charge in [-0.15, -0.1) is 0 Å². The standard InChI is InChI=1S/C43H41N3/c1-42(2,3)30-16-18-38-35(22-30)33-10-5-7-12-37(33)45(38)40-13-8-14-41(44-40)46-36-11-6-4-9-32(36)34-17-15-31(23-39(34)46)43-24-27-19-28(25-43)21-29(20-27)26-43/h4-18,22-23,27-29H,19-21,24-26H2,1-3H3. The highest BCUT2D eigenvalue weighted by atomic mass is 15.1. The summed E-state index contributed by atoms with van der Waals surface area (Å²) in [6.45, 7) is 6.87. The van der Waals surface area contributed by atoms with Gasteiger partial charge in [-0.2, -0.15) is 0 Å². The van der Waals surface area contributed by atoms with E-state index in [1.165, 1.54) is 87.7 Å². The summed E-state index contributed by atoms with van der Waals surface area (Å²) >= 11 is 0. The van der Waals surface area contributed by atoms with Crippen molar-refractivity contribution < 1.29 is 0 Å². The van der Waals surface area contributed by atoms with Gasteiger partial charge in [-0.05, 0) is 121 Å². The number of fused-ring (bicyclic) bond motifs is 6. The van der Waals surface area contributed by atoms with Gasteiger partial charge in [0.1, 0.15) is 11.6 Å². The summed E-state index contributed by atoms with van der Waals surface area (Å²) in [5, 5.41) is 5.18. The lowest BCUT2D eigenvalue weighted by atomic mass is 9.48. The maximum Gasteiger partial charge on any atom is 0.140 e. The number of rotatable bonds is 3. The number of hydrogen-bond acceptors (Lipinski definition) is 1. The first-order valence-corrected chi connectivity index (χ1v) is 17.4. The zero-order valence-corrected chi connectivity index (χ0v) is 27.1. The fourth-order valence-electron chi connectivity index (χ4n) is 10.4. The van der Waals surface area contributed by atoms with Crippen LogP contribution < -0.4 is 0 Å². The second-order valence-electron chi connectivity index (χ2n) is 16.0. The Bertz CT molecular complexity index is 2310. The van der Waals surface area contributed by atoms with Gasteiger partial charge in [-0.1, -0.05) is 81.4 Å². The first kappa shape index (κ1) is 26.8. The van der Waals surface area contributed by atoms with E-state index in [1.54, 1.807) is 5.56 Å². The van der Waals surface area contributed by atoms with Crippen molar-refractivity contribution in [2.45, 2.75) is 70.1 Å². The Morgan fingerprint density at radius 2 is 1.09 bits per heavy atom. The second kappa shape index (κ2) is 9.35. The van der Waals surface area contributed by atoms with E-state index < -0.39 is 0 Å². The smallest absolute Gasteiger partial charge is 0.140 e. The first-order valence-electron chi connectivity index (χ1n) is 17.4. The molecule has 4 fully saturated rings. The minimum absolute atomic E-state index is 0.0844. The highest BCUT2D eigenvalue weighted by molar-refractivity contribution is 6.10. The fraction of sp³-hybridized carbons (Fsp3) is 0.326. The topological polar surface area (TPSA) is 22.8 Å². The molecule has 4 saturated carbocycles. The summed E-state index contributed by atoms with van der Waals surface area (Å²) in [5.41, 5.74) is 8.26. The highest BCUT2D eigenvalue weighted by Crippen LogP contribution is 2.61. The van der Waals surface area contributed by atoms with Gasteiger partial charge < -0.3 is 0 Å². The van der Waals surface area contributed by atoms with Crippen molar-refractivity contribution in [3.8, 4) is 11.6 Å². The molecular formula is C43H41N3. The van der Waals surface area contributed by atoms with Gasteiger partial charge >= 0.3 is 0 Å². The van der Waals surface area contributed by atoms with Crippen LogP contribution >= 0.6 is 0 Å². The minimum atomic E-state index is 0.0844. The molecule has 228 valence electrons. The van der Waals surface area contributed by atoms with Crippen LogP contribution in [0.2, 0.25) is 0 Å². The van der Waals surface area contributed by atoms with Gasteiger partial charge in [0.15, 0.2) is 0 Å². The van der Waals surface area contributed by atoms with Crippen LogP contribution in [0, 0.1) is 17.8 Å². The van der Waals surface area contributed by atoms with E-state index in [4.69, 9.17) is 4.98 Å². The minimum Gasteiger partial charge on any atom is -0.294 e. The van der Waals surface area contributed by atoms with Crippen molar-refractivity contribution in [2.75, 3.05) is 0 Å². The number of hydrogen-bond donors (Lipinski definition) is 0. The van der Waals surface area contributed by atoms with Crippen LogP contribution in [0.15, 0.2) is 103 Å². The van der Waals surface area contributed by atoms with E-state index in [1.807, 2.05) is 0 Å². The van der Waals surface area contributed by atoms with Crippen LogP contribution in [0.5, 0.6) is 0 Å². The molecular weight excluding hydrogens is 558 g/mol. The molecule has 3 heterocycles. The van der Waals surface area contributed by atoms with E-state index in [-0.39, 0.29) is 5.41 Å². The summed E-state index contributed by atoms with van der Waals surface area (Å²) < 4.78 is 4.79. The number of nitrogens with zero attached hydrogens (tertiary/aromatic N) is 3. The summed E-state index contributed by atoms with van der Waals surface area (Å²) in [7, 11) is 0. The maximum atomic E-state index is 5.48. The van der Waals surface area contributed by atoms with Crippen LogP contribution in [-0.2, 0) is 10.8 Å². The molecule has 0 saturated heterocycles. The summed E-state index contributed by atoms with van der Waals surface area (Å²) in [5.74, 6) is 4.71. The van der Waals surface area contributed by atoms with Crippen molar-refractivity contribution in [1.29, 1.82) is 0 Å². The maximum absolute atomic E-state index is 5.48. The third-order valence-corrected chi connectivity index (χ3v) is 12.0. The molecule has 3 heteroatoms. The van der Waals surface area contributed by atoms with Crippen LogP contribution in [-0.4, -0.2) is 14.1 Å². The van der Waals surface area contributed by atoms with Crippen molar-refractivity contribution in [3.05, 3.63) is 114 Å². The fourth-order valence-corrected chi connectivity index (χ4v) is 10.4. The zero-order valence-electron chi connectivity index (χ0n) is 27.1. The average molecular weight is 600 g/mol. The highest BCUT2D eigenvalue weighted by Gasteiger charge is 2.51. The number of para-hydroxylation sites is 2. The molecule has 0 atom stereocenters. The molecule has 46 heavy (non-hydrogen) atoms. The van der Waals surface area contributed by atoms with Crippen LogP contribution in [0.25, 0.3) is 55.2 Å². The zero-order chi connectivity index (χ0) is 30.8. The van der Waals surface area contributed by atoms with Gasteiger partial charge in [0, 0.05) is 21.5 Å². The molecule has 0 N–H and O–H groups in total. The van der Waals surface area contributed by atoms with E-state index in [2.05, 4.69) is 133 Å². The lowest BCUT2D eigenvalue weighted by Gasteiger charge is -2.57. The quantitative estimate of drug-likeness (QED) is 0.198. The molecule has 0 spiro atoms. The SMILES string of the molecule is CC(C)(C)c1ccc2c(c1)c1ccccc1n2-c1cccc(-n2c3ccccc3c3ccc(C45CC6CC(CC(C6)C4)C5)cc32)n1. The molecule has 4 aliphatic carbocycles. The van der Waals surface area contributed by atoms with Gasteiger partial charge in [0.25, 0.3) is 0 Å². The van der Waals surface area contributed by atoms with E-state index in [0.717, 1.165) is 29.4 Å². The predicted molar refractivity (Wildman–Crippen MR) is 191 cm³/mol. The summed E-state index contributed by atoms with van der Waals surface area (Å²) in [6, 6.07) is 38.7. The molecule has 0 radical (unpaired) electrons. The first-order chi connectivity index (χ1) is 22.3. The Labute approximate surface area is 270 Å². The van der Waals surface area contributed by atoms with Crippen molar-refractivity contribution in [1.82, 2.24) is 14.1 Å². The average Bonchev–Trinajstić information content (AvgIpc) is 3.56. The Kier molecular flexibility index (Phi) is 5.45. The predicted octanol–water partition coefficient (Wildman–Crippen LogP) is 11.0. The molecule has 4 bridgehead atoms. The third kappa shape index (κ3) is 3.81. The van der Waals surface area contributed by atoms with E-state index in [0.29, 0.717) is 5.41 Å². The van der Waals surface area contributed by atoms with E-state index >= 15 is 0 Å². The van der Waals surface area contributed by atoms with Crippen LogP contribution in [0.4, 0.5) is 0 Å². The molecule has 0 unspecified atom stereocenters. The monoisotopic (exact) mass is 599 g/mol. The van der Waals surface area contributed by atoms with Crippen molar-refractivity contribution >= 4 is 43.6 Å². The lowest BCUT2D eigenvalue weighted by Crippen LogP contribution is -2.48. The normalized spacial score (nSPS) is 24.2. The lowest BCUT2D eigenvalue weighted by molar-refractivity contribution is -0.00513. The van der Waals surface area contributed by atoms with Crippen LogP contribution in [0.1, 0.15) is 70.4 Å². The molecule has 0 amide bonds. The van der Waals surface area contributed by atoms with Gasteiger partial charge in [0.05, 0.1) is 22.1 Å². The molecule has 4 aromatic carbocycles. The molecule has 11 rings (SSSR count). The number of aromatic nitrogens is 3. The molecule has 7 aromatic rings. The van der Waals surface area contributed by atoms with Gasteiger partial charge in [-0.3, -0.25) is 9.13 Å². The van der Waals surface area contributed by atoms with Gasteiger partial charge in [-0.25, -0.2) is 4.98 Å². The Balaban J connectivity index is 1.18. The summed E-state index contributed by atoms with van der Waals surface area (Å²) in [6.07, 6.45) is 8.55. The van der Waals surface area contributed by atoms with Gasteiger partial charge in [0.2, 0.25) is 0 Å². The van der Waals surface area contributed by atoms with Crippen molar-refractivity contribution in [2.24, 2.45) is 17.8 Å². The largest absolute Gasteiger partial charge is 0.294 e. The molecule has 3 aromatic heterocycles. The Hall–Kier alpha value is -4.37. The molecule has 4 aliphatic rings. The second-order valence-corrected chi connectivity index (χ2v) is 16.0. The summed E-state index contributed by atoms with van der Waals surface area (Å²) in [4.78, 5) is 5.48.